The number of halogens is 3. The standard InChI is InChI=1S/C15H22F3N9/c1-4-19-14(26(2)9-12-23-10-24-27(12)3)22-8-7-21-13-20-6-5-11(25-13)15(16,17)18/h5-6,10H,4,7-9H2,1-3H3,(H,19,22)(H,20,21,25). The fourth-order valence-electron chi connectivity index (χ4n) is 2.15. The normalized spacial score (nSPS) is 12.1. The fourth-order valence-corrected chi connectivity index (χ4v) is 2.15. The summed E-state index contributed by atoms with van der Waals surface area (Å²) in [4.78, 5) is 17.7. The maximum Gasteiger partial charge on any atom is 0.433 e. The summed E-state index contributed by atoms with van der Waals surface area (Å²) in [5.74, 6) is 1.34. The summed E-state index contributed by atoms with van der Waals surface area (Å²) in [5, 5.41) is 9.92. The van der Waals surface area contributed by atoms with Crippen LogP contribution < -0.4 is 10.6 Å². The van der Waals surface area contributed by atoms with E-state index in [0.717, 1.165) is 18.1 Å². The summed E-state index contributed by atoms with van der Waals surface area (Å²) >= 11 is 0. The summed E-state index contributed by atoms with van der Waals surface area (Å²) in [6.45, 7) is 3.73. The van der Waals surface area contributed by atoms with Crippen molar-refractivity contribution in [3.8, 4) is 0 Å². The maximum atomic E-state index is 12.7. The van der Waals surface area contributed by atoms with Gasteiger partial charge in [0.25, 0.3) is 0 Å². The second kappa shape index (κ2) is 9.14. The highest BCUT2D eigenvalue weighted by Gasteiger charge is 2.32. The summed E-state index contributed by atoms with van der Waals surface area (Å²) < 4.78 is 39.6. The zero-order valence-corrected chi connectivity index (χ0v) is 15.3. The minimum Gasteiger partial charge on any atom is -0.357 e. The van der Waals surface area contributed by atoms with Gasteiger partial charge in [0.2, 0.25) is 5.95 Å². The van der Waals surface area contributed by atoms with Gasteiger partial charge in [-0.2, -0.15) is 18.3 Å². The van der Waals surface area contributed by atoms with E-state index in [1.165, 1.54) is 6.33 Å². The molecule has 27 heavy (non-hydrogen) atoms. The van der Waals surface area contributed by atoms with Gasteiger partial charge in [-0.05, 0) is 13.0 Å². The largest absolute Gasteiger partial charge is 0.433 e. The molecule has 0 aliphatic heterocycles. The van der Waals surface area contributed by atoms with Gasteiger partial charge < -0.3 is 15.5 Å². The van der Waals surface area contributed by atoms with Crippen molar-refractivity contribution in [2.45, 2.75) is 19.6 Å². The molecule has 0 unspecified atom stereocenters. The molecule has 0 radical (unpaired) electrons. The van der Waals surface area contributed by atoms with E-state index >= 15 is 0 Å². The van der Waals surface area contributed by atoms with E-state index in [9.17, 15) is 13.2 Å². The van der Waals surface area contributed by atoms with E-state index in [1.54, 1.807) is 11.7 Å². The van der Waals surface area contributed by atoms with Crippen molar-refractivity contribution in [2.75, 3.05) is 32.0 Å². The van der Waals surface area contributed by atoms with Crippen LogP contribution in [0.2, 0.25) is 0 Å². The van der Waals surface area contributed by atoms with Gasteiger partial charge in [0.1, 0.15) is 17.8 Å². The molecule has 2 N–H and O–H groups in total. The number of rotatable bonds is 7. The Kier molecular flexibility index (Phi) is 6.91. The molecule has 0 fully saturated rings. The van der Waals surface area contributed by atoms with Crippen LogP contribution in [-0.2, 0) is 19.8 Å². The van der Waals surface area contributed by atoms with Crippen molar-refractivity contribution < 1.29 is 13.2 Å². The highest BCUT2D eigenvalue weighted by Crippen LogP contribution is 2.27. The minimum absolute atomic E-state index is 0.0857. The van der Waals surface area contributed by atoms with E-state index in [1.807, 2.05) is 18.9 Å². The van der Waals surface area contributed by atoms with Gasteiger partial charge in [-0.15, -0.1) is 0 Å². The van der Waals surface area contributed by atoms with Gasteiger partial charge >= 0.3 is 6.18 Å². The third kappa shape index (κ3) is 6.08. The average Bonchev–Trinajstić information content (AvgIpc) is 3.02. The number of hydrogen-bond donors (Lipinski definition) is 2. The number of nitrogens with one attached hydrogen (secondary N) is 2. The number of anilines is 1. The third-order valence-corrected chi connectivity index (χ3v) is 3.48. The number of nitrogens with zero attached hydrogens (tertiary/aromatic N) is 7. The molecule has 0 aliphatic carbocycles. The van der Waals surface area contributed by atoms with Crippen LogP contribution in [0.25, 0.3) is 0 Å². The Morgan fingerprint density at radius 3 is 2.74 bits per heavy atom. The third-order valence-electron chi connectivity index (χ3n) is 3.48. The van der Waals surface area contributed by atoms with Crippen molar-refractivity contribution >= 4 is 11.9 Å². The number of hydrogen-bond acceptors (Lipinski definition) is 6. The Morgan fingerprint density at radius 1 is 1.33 bits per heavy atom. The van der Waals surface area contributed by atoms with Gasteiger partial charge in [0.15, 0.2) is 5.96 Å². The first-order valence-electron chi connectivity index (χ1n) is 8.27. The van der Waals surface area contributed by atoms with Gasteiger partial charge in [-0.1, -0.05) is 0 Å². The Bertz CT molecular complexity index is 757. The highest BCUT2D eigenvalue weighted by molar-refractivity contribution is 5.79. The first-order valence-corrected chi connectivity index (χ1v) is 8.27. The Balaban J connectivity index is 1.92. The molecule has 0 saturated carbocycles. The molecule has 0 saturated heterocycles. The van der Waals surface area contributed by atoms with E-state index < -0.39 is 11.9 Å². The predicted octanol–water partition coefficient (Wildman–Crippen LogP) is 1.13. The molecule has 2 heterocycles. The van der Waals surface area contributed by atoms with Gasteiger partial charge in [0.05, 0.1) is 13.1 Å². The fraction of sp³-hybridized carbons (Fsp3) is 0.533. The Hall–Kier alpha value is -2.92. The average molecular weight is 385 g/mol. The zero-order valence-electron chi connectivity index (χ0n) is 15.3. The van der Waals surface area contributed by atoms with Crippen LogP contribution in [0.4, 0.5) is 19.1 Å². The van der Waals surface area contributed by atoms with Crippen LogP contribution >= 0.6 is 0 Å². The quantitative estimate of drug-likeness (QED) is 0.419. The molecule has 0 aromatic carbocycles. The lowest BCUT2D eigenvalue weighted by molar-refractivity contribution is -0.141. The lowest BCUT2D eigenvalue weighted by Gasteiger charge is -2.21. The first kappa shape index (κ1) is 20.4. The molecular formula is C15H22F3N9. The highest BCUT2D eigenvalue weighted by atomic mass is 19.4. The monoisotopic (exact) mass is 385 g/mol. The van der Waals surface area contributed by atoms with Gasteiger partial charge in [0, 0.05) is 33.4 Å². The predicted molar refractivity (Wildman–Crippen MR) is 94.0 cm³/mol. The smallest absolute Gasteiger partial charge is 0.357 e. The molecule has 2 aromatic rings. The zero-order chi connectivity index (χ0) is 19.9. The molecular weight excluding hydrogens is 363 g/mol. The molecule has 0 aliphatic rings. The number of aryl methyl sites for hydroxylation is 1. The maximum absolute atomic E-state index is 12.7. The van der Waals surface area contributed by atoms with E-state index in [-0.39, 0.29) is 12.5 Å². The van der Waals surface area contributed by atoms with Crippen LogP contribution in [0.1, 0.15) is 18.4 Å². The van der Waals surface area contributed by atoms with Crippen molar-refractivity contribution in [1.82, 2.24) is 34.9 Å². The van der Waals surface area contributed by atoms with Crippen LogP contribution in [0.15, 0.2) is 23.6 Å². The van der Waals surface area contributed by atoms with Crippen LogP contribution in [-0.4, -0.2) is 62.3 Å². The summed E-state index contributed by atoms with van der Waals surface area (Å²) in [5.41, 5.74) is -0.986. The van der Waals surface area contributed by atoms with E-state index in [4.69, 9.17) is 0 Å². The lowest BCUT2D eigenvalue weighted by Crippen LogP contribution is -2.39. The van der Waals surface area contributed by atoms with Gasteiger partial charge in [-0.3, -0.25) is 9.67 Å². The summed E-state index contributed by atoms with van der Waals surface area (Å²) in [6, 6.07) is 0.827. The SMILES string of the molecule is CCNC(=NCCNc1nccc(C(F)(F)F)n1)N(C)Cc1ncnn1C. The van der Waals surface area contributed by atoms with E-state index in [2.05, 4.69) is 35.7 Å². The summed E-state index contributed by atoms with van der Waals surface area (Å²) in [7, 11) is 3.67. The topological polar surface area (TPSA) is 96.2 Å². The van der Waals surface area contributed by atoms with Crippen molar-refractivity contribution in [2.24, 2.45) is 12.0 Å². The van der Waals surface area contributed by atoms with Crippen LogP contribution in [0, 0.1) is 0 Å². The minimum atomic E-state index is -4.50. The number of guanidine groups is 1. The number of aromatic nitrogens is 5. The number of aliphatic imine (C=N–C) groups is 1. The first-order chi connectivity index (χ1) is 12.8. The molecule has 0 amide bonds. The second-order valence-electron chi connectivity index (χ2n) is 5.58. The summed E-state index contributed by atoms with van der Waals surface area (Å²) in [6.07, 6.45) is -1.95. The Morgan fingerprint density at radius 2 is 2.11 bits per heavy atom. The second-order valence-corrected chi connectivity index (χ2v) is 5.58. The van der Waals surface area contributed by atoms with Crippen LogP contribution in [0.3, 0.4) is 0 Å². The van der Waals surface area contributed by atoms with Crippen molar-refractivity contribution in [1.29, 1.82) is 0 Å². The molecule has 0 atom stereocenters. The van der Waals surface area contributed by atoms with E-state index in [0.29, 0.717) is 25.6 Å². The van der Waals surface area contributed by atoms with Gasteiger partial charge in [-0.25, -0.2) is 15.0 Å². The van der Waals surface area contributed by atoms with Crippen molar-refractivity contribution in [3.63, 3.8) is 0 Å². The molecule has 0 spiro atoms. The molecule has 148 valence electrons. The molecule has 2 aromatic heterocycles. The number of alkyl halides is 3. The molecule has 2 rings (SSSR count). The lowest BCUT2D eigenvalue weighted by atomic mass is 10.4. The Labute approximate surface area is 154 Å². The molecule has 9 nitrogen and oxygen atoms in total. The molecule has 12 heteroatoms. The molecule has 0 bridgehead atoms. The van der Waals surface area contributed by atoms with Crippen molar-refractivity contribution in [3.05, 3.63) is 30.1 Å². The van der Waals surface area contributed by atoms with Crippen LogP contribution in [0.5, 0.6) is 0 Å².